The molecule has 4 heteroatoms. The van der Waals surface area contributed by atoms with Crippen LogP contribution in [0.15, 0.2) is 6.07 Å². The smallest absolute Gasteiger partial charge is 0.253 e. The first kappa shape index (κ1) is 13.8. The molecule has 1 aromatic rings. The number of rotatable bonds is 5. The van der Waals surface area contributed by atoms with E-state index in [1.807, 2.05) is 26.8 Å². The maximum atomic E-state index is 12.0. The molecule has 0 fully saturated rings. The molecular formula is C13H22N2O2. The van der Waals surface area contributed by atoms with E-state index < -0.39 is 0 Å². The van der Waals surface area contributed by atoms with Crippen molar-refractivity contribution in [3.8, 4) is 0 Å². The van der Waals surface area contributed by atoms with Gasteiger partial charge in [-0.1, -0.05) is 0 Å². The molecule has 0 radical (unpaired) electrons. The van der Waals surface area contributed by atoms with Gasteiger partial charge in [-0.15, -0.1) is 0 Å². The summed E-state index contributed by atoms with van der Waals surface area (Å²) in [7, 11) is 0. The molecule has 4 nitrogen and oxygen atoms in total. The number of hydrogen-bond acceptors (Lipinski definition) is 2. The largest absolute Gasteiger partial charge is 0.396 e. The molecule has 0 saturated carbocycles. The van der Waals surface area contributed by atoms with Gasteiger partial charge in [0.2, 0.25) is 0 Å². The van der Waals surface area contributed by atoms with E-state index in [4.69, 9.17) is 5.11 Å². The number of aliphatic hydroxyl groups excluding tert-OH is 1. The summed E-state index contributed by atoms with van der Waals surface area (Å²) in [5.41, 5.74) is 2.83. The van der Waals surface area contributed by atoms with Crippen LogP contribution in [0.4, 0.5) is 0 Å². The molecule has 96 valence electrons. The lowest BCUT2D eigenvalue weighted by Crippen LogP contribution is -2.33. The van der Waals surface area contributed by atoms with Crippen molar-refractivity contribution >= 4 is 5.91 Å². The number of aliphatic hydroxyl groups is 1. The van der Waals surface area contributed by atoms with Crippen LogP contribution in [0.5, 0.6) is 0 Å². The molecule has 1 heterocycles. The molecule has 17 heavy (non-hydrogen) atoms. The standard InChI is InChI=1S/C13H22N2O2/c1-5-15-10(3)8-12(11(15)4)13(17)14-9(2)6-7-16/h8-9,16H,5-7H2,1-4H3,(H,14,17). The molecule has 1 rings (SSSR count). The normalized spacial score (nSPS) is 12.5. The molecule has 1 unspecified atom stereocenters. The van der Waals surface area contributed by atoms with E-state index in [1.165, 1.54) is 0 Å². The predicted molar refractivity (Wildman–Crippen MR) is 68.2 cm³/mol. The predicted octanol–water partition coefficient (Wildman–Crippen LogP) is 1.63. The molecule has 1 atom stereocenters. The fourth-order valence-electron chi connectivity index (χ4n) is 2.08. The molecule has 0 aromatic carbocycles. The maximum absolute atomic E-state index is 12.0. The lowest BCUT2D eigenvalue weighted by Gasteiger charge is -2.12. The highest BCUT2D eigenvalue weighted by Crippen LogP contribution is 2.15. The monoisotopic (exact) mass is 238 g/mol. The molecule has 2 N–H and O–H groups in total. The zero-order valence-corrected chi connectivity index (χ0v) is 11.1. The third-order valence-electron chi connectivity index (χ3n) is 3.07. The van der Waals surface area contributed by atoms with Gasteiger partial charge >= 0.3 is 0 Å². The highest BCUT2D eigenvalue weighted by Gasteiger charge is 2.16. The van der Waals surface area contributed by atoms with E-state index in [0.717, 1.165) is 23.5 Å². The minimum absolute atomic E-state index is 0.00261. The van der Waals surface area contributed by atoms with Crippen LogP contribution >= 0.6 is 0 Å². The Morgan fingerprint density at radius 1 is 1.53 bits per heavy atom. The van der Waals surface area contributed by atoms with Crippen molar-refractivity contribution in [3.63, 3.8) is 0 Å². The molecule has 1 amide bonds. The first-order valence-corrected chi connectivity index (χ1v) is 6.09. The van der Waals surface area contributed by atoms with Crippen LogP contribution in [0.25, 0.3) is 0 Å². The third-order valence-corrected chi connectivity index (χ3v) is 3.07. The van der Waals surface area contributed by atoms with Crippen LogP contribution in [0.1, 0.15) is 42.0 Å². The van der Waals surface area contributed by atoms with E-state index in [9.17, 15) is 4.79 Å². The van der Waals surface area contributed by atoms with Crippen molar-refractivity contribution < 1.29 is 9.90 Å². The van der Waals surface area contributed by atoms with Gasteiger partial charge in [0.25, 0.3) is 5.91 Å². The zero-order chi connectivity index (χ0) is 13.0. The molecule has 0 saturated heterocycles. The highest BCUT2D eigenvalue weighted by atomic mass is 16.3. The number of carbonyl (C=O) groups excluding carboxylic acids is 1. The van der Waals surface area contributed by atoms with Gasteiger partial charge in [0.15, 0.2) is 0 Å². The second-order valence-electron chi connectivity index (χ2n) is 4.42. The van der Waals surface area contributed by atoms with Gasteiger partial charge in [0, 0.05) is 30.6 Å². The Balaban J connectivity index is 2.82. The minimum Gasteiger partial charge on any atom is -0.396 e. The summed E-state index contributed by atoms with van der Waals surface area (Å²) in [6.45, 7) is 8.89. The number of amides is 1. The van der Waals surface area contributed by atoms with E-state index in [-0.39, 0.29) is 18.6 Å². The molecular weight excluding hydrogens is 216 g/mol. The summed E-state index contributed by atoms with van der Waals surface area (Å²) < 4.78 is 2.12. The van der Waals surface area contributed by atoms with Crippen molar-refractivity contribution in [2.75, 3.05) is 6.61 Å². The van der Waals surface area contributed by atoms with Gasteiger partial charge in [-0.3, -0.25) is 4.79 Å². The van der Waals surface area contributed by atoms with Gasteiger partial charge in [-0.05, 0) is 40.2 Å². The molecule has 0 spiro atoms. The Kier molecular flexibility index (Phi) is 4.75. The number of hydrogen-bond donors (Lipinski definition) is 2. The lowest BCUT2D eigenvalue weighted by atomic mass is 10.2. The van der Waals surface area contributed by atoms with Crippen LogP contribution in [0.2, 0.25) is 0 Å². The summed E-state index contributed by atoms with van der Waals surface area (Å²) in [4.78, 5) is 12.0. The summed E-state index contributed by atoms with van der Waals surface area (Å²) >= 11 is 0. The lowest BCUT2D eigenvalue weighted by molar-refractivity contribution is 0.0933. The fraction of sp³-hybridized carbons (Fsp3) is 0.615. The van der Waals surface area contributed by atoms with Gasteiger partial charge in [-0.2, -0.15) is 0 Å². The Labute approximate surface area is 103 Å². The highest BCUT2D eigenvalue weighted by molar-refractivity contribution is 5.95. The minimum atomic E-state index is -0.0567. The molecule has 0 aliphatic rings. The van der Waals surface area contributed by atoms with Crippen molar-refractivity contribution in [1.82, 2.24) is 9.88 Å². The van der Waals surface area contributed by atoms with Gasteiger partial charge in [-0.25, -0.2) is 0 Å². The summed E-state index contributed by atoms with van der Waals surface area (Å²) in [6.07, 6.45) is 0.582. The maximum Gasteiger partial charge on any atom is 0.253 e. The Morgan fingerprint density at radius 2 is 2.18 bits per heavy atom. The third kappa shape index (κ3) is 3.09. The van der Waals surface area contributed by atoms with Crippen molar-refractivity contribution in [2.45, 2.75) is 46.7 Å². The Morgan fingerprint density at radius 3 is 2.65 bits per heavy atom. The van der Waals surface area contributed by atoms with Gasteiger partial charge < -0.3 is 15.0 Å². The second-order valence-corrected chi connectivity index (χ2v) is 4.42. The quantitative estimate of drug-likeness (QED) is 0.819. The number of aryl methyl sites for hydroxylation is 1. The first-order valence-electron chi connectivity index (χ1n) is 6.09. The first-order chi connectivity index (χ1) is 8.01. The van der Waals surface area contributed by atoms with Gasteiger partial charge in [0.05, 0.1) is 5.56 Å². The number of nitrogens with one attached hydrogen (secondary N) is 1. The molecule has 0 bridgehead atoms. The second kappa shape index (κ2) is 5.87. The fourth-order valence-corrected chi connectivity index (χ4v) is 2.08. The van der Waals surface area contributed by atoms with E-state index in [1.54, 1.807) is 0 Å². The van der Waals surface area contributed by atoms with Crippen LogP contribution in [0.3, 0.4) is 0 Å². The summed E-state index contributed by atoms with van der Waals surface area (Å²) in [5, 5.41) is 11.7. The average Bonchev–Trinajstić information content (AvgIpc) is 2.54. The molecule has 1 aromatic heterocycles. The Bertz CT molecular complexity index is 396. The van der Waals surface area contributed by atoms with Crippen molar-refractivity contribution in [3.05, 3.63) is 23.0 Å². The van der Waals surface area contributed by atoms with Crippen LogP contribution in [0, 0.1) is 13.8 Å². The van der Waals surface area contributed by atoms with E-state index >= 15 is 0 Å². The van der Waals surface area contributed by atoms with Crippen LogP contribution in [-0.4, -0.2) is 28.2 Å². The molecule has 0 aliphatic carbocycles. The number of nitrogens with zero attached hydrogens (tertiary/aromatic N) is 1. The SMILES string of the molecule is CCn1c(C)cc(C(=O)NC(C)CCO)c1C. The summed E-state index contributed by atoms with van der Waals surface area (Å²) in [6, 6.07) is 1.91. The topological polar surface area (TPSA) is 54.3 Å². The number of aromatic nitrogens is 1. The van der Waals surface area contributed by atoms with E-state index in [0.29, 0.717) is 6.42 Å². The zero-order valence-electron chi connectivity index (χ0n) is 11.1. The van der Waals surface area contributed by atoms with Crippen LogP contribution < -0.4 is 5.32 Å². The van der Waals surface area contributed by atoms with Crippen molar-refractivity contribution in [1.29, 1.82) is 0 Å². The molecule has 0 aliphatic heterocycles. The van der Waals surface area contributed by atoms with Gasteiger partial charge in [0.1, 0.15) is 0 Å². The number of carbonyl (C=O) groups is 1. The Hall–Kier alpha value is -1.29. The van der Waals surface area contributed by atoms with E-state index in [2.05, 4.69) is 16.8 Å². The summed E-state index contributed by atoms with van der Waals surface area (Å²) in [5.74, 6) is -0.0567. The van der Waals surface area contributed by atoms with Crippen LogP contribution in [-0.2, 0) is 6.54 Å². The average molecular weight is 238 g/mol. The van der Waals surface area contributed by atoms with Crippen molar-refractivity contribution in [2.24, 2.45) is 0 Å².